The second-order valence-corrected chi connectivity index (χ2v) is 8.42. The van der Waals surface area contributed by atoms with Crippen molar-refractivity contribution in [1.29, 1.82) is 0 Å². The molecule has 0 saturated heterocycles. The van der Waals surface area contributed by atoms with Crippen molar-refractivity contribution in [1.82, 2.24) is 9.78 Å². The number of hydrogen-bond donors (Lipinski definition) is 1. The Hall–Kier alpha value is -4.18. The summed E-state index contributed by atoms with van der Waals surface area (Å²) in [4.78, 5) is 13.2. The molecule has 5 aromatic rings. The summed E-state index contributed by atoms with van der Waals surface area (Å²) in [5.74, 6) is -0.188. The summed E-state index contributed by atoms with van der Waals surface area (Å²) in [5.41, 5.74) is 7.55. The molecule has 0 aliphatic heterocycles. The first kappa shape index (κ1) is 20.7. The molecule has 0 aliphatic carbocycles. The van der Waals surface area contributed by atoms with E-state index < -0.39 is 0 Å². The predicted molar refractivity (Wildman–Crippen MR) is 135 cm³/mol. The molecule has 162 valence electrons. The molecule has 0 unspecified atom stereocenters. The van der Waals surface area contributed by atoms with Gasteiger partial charge in [-0.1, -0.05) is 60.7 Å². The van der Waals surface area contributed by atoms with Gasteiger partial charge in [0.05, 0.1) is 11.4 Å². The minimum absolute atomic E-state index is 0.188. The van der Waals surface area contributed by atoms with E-state index in [0.717, 1.165) is 33.6 Å². The van der Waals surface area contributed by atoms with Crippen molar-refractivity contribution in [2.45, 2.75) is 20.8 Å². The number of hydrogen-bond acceptors (Lipinski definition) is 2. The van der Waals surface area contributed by atoms with Crippen LogP contribution in [0.2, 0.25) is 0 Å². The van der Waals surface area contributed by atoms with Crippen LogP contribution in [0.15, 0.2) is 91.0 Å². The van der Waals surface area contributed by atoms with Gasteiger partial charge in [-0.2, -0.15) is 5.10 Å². The highest BCUT2D eigenvalue weighted by Gasteiger charge is 2.17. The van der Waals surface area contributed by atoms with Crippen molar-refractivity contribution in [3.63, 3.8) is 0 Å². The van der Waals surface area contributed by atoms with Crippen LogP contribution in [0.1, 0.15) is 27.3 Å². The minimum atomic E-state index is -0.188. The monoisotopic (exact) mass is 431 g/mol. The quantitative estimate of drug-likeness (QED) is 0.337. The third-order valence-corrected chi connectivity index (χ3v) is 5.96. The highest BCUT2D eigenvalue weighted by Crippen LogP contribution is 2.26. The first-order chi connectivity index (χ1) is 16.0. The van der Waals surface area contributed by atoms with Gasteiger partial charge in [-0.3, -0.25) is 4.79 Å². The molecule has 0 radical (unpaired) electrons. The zero-order valence-electron chi connectivity index (χ0n) is 19.0. The van der Waals surface area contributed by atoms with Gasteiger partial charge < -0.3 is 5.32 Å². The van der Waals surface area contributed by atoms with Gasteiger partial charge in [0.2, 0.25) is 0 Å². The number of amides is 1. The van der Waals surface area contributed by atoms with Gasteiger partial charge in [-0.05, 0) is 84.1 Å². The van der Waals surface area contributed by atoms with E-state index in [1.165, 1.54) is 16.5 Å². The maximum Gasteiger partial charge on any atom is 0.274 e. The summed E-state index contributed by atoms with van der Waals surface area (Å²) in [6.07, 6.45) is 0. The number of anilines is 1. The van der Waals surface area contributed by atoms with Crippen LogP contribution in [0.3, 0.4) is 0 Å². The Morgan fingerprint density at radius 2 is 1.42 bits per heavy atom. The molecule has 4 aromatic carbocycles. The third-order valence-electron chi connectivity index (χ3n) is 5.96. The average molecular weight is 432 g/mol. The van der Waals surface area contributed by atoms with Crippen molar-refractivity contribution in [3.8, 4) is 16.8 Å². The molecule has 1 aromatic heterocycles. The van der Waals surface area contributed by atoms with Gasteiger partial charge in [0.25, 0.3) is 5.91 Å². The van der Waals surface area contributed by atoms with E-state index >= 15 is 0 Å². The molecule has 1 N–H and O–H groups in total. The highest BCUT2D eigenvalue weighted by atomic mass is 16.2. The molecule has 33 heavy (non-hydrogen) atoms. The molecule has 4 heteroatoms. The Morgan fingerprint density at radius 1 is 0.758 bits per heavy atom. The fourth-order valence-corrected chi connectivity index (χ4v) is 4.24. The summed E-state index contributed by atoms with van der Waals surface area (Å²) in [7, 11) is 0. The topological polar surface area (TPSA) is 46.9 Å². The van der Waals surface area contributed by atoms with E-state index in [0.29, 0.717) is 5.69 Å². The van der Waals surface area contributed by atoms with Gasteiger partial charge in [0, 0.05) is 5.69 Å². The van der Waals surface area contributed by atoms with Crippen molar-refractivity contribution >= 4 is 22.4 Å². The molecule has 0 bridgehead atoms. The van der Waals surface area contributed by atoms with E-state index in [4.69, 9.17) is 0 Å². The predicted octanol–water partition coefficient (Wildman–Crippen LogP) is 6.87. The summed E-state index contributed by atoms with van der Waals surface area (Å²) in [6, 6.07) is 30.5. The van der Waals surface area contributed by atoms with Crippen LogP contribution in [0.4, 0.5) is 5.69 Å². The highest BCUT2D eigenvalue weighted by molar-refractivity contribution is 6.03. The lowest BCUT2D eigenvalue weighted by Crippen LogP contribution is -2.17. The van der Waals surface area contributed by atoms with Crippen LogP contribution in [0.25, 0.3) is 27.6 Å². The maximum absolute atomic E-state index is 13.2. The Balaban J connectivity index is 1.45. The second-order valence-electron chi connectivity index (χ2n) is 8.42. The van der Waals surface area contributed by atoms with Crippen LogP contribution < -0.4 is 5.32 Å². The first-order valence-electron chi connectivity index (χ1n) is 11.0. The van der Waals surface area contributed by atoms with Crippen LogP contribution in [0, 0.1) is 20.8 Å². The molecule has 0 aliphatic rings. The summed E-state index contributed by atoms with van der Waals surface area (Å²) in [6.45, 7) is 6.05. The maximum atomic E-state index is 13.2. The van der Waals surface area contributed by atoms with Crippen molar-refractivity contribution in [3.05, 3.63) is 114 Å². The molecule has 1 amide bonds. The Labute approximate surface area is 193 Å². The van der Waals surface area contributed by atoms with Crippen LogP contribution in [-0.2, 0) is 0 Å². The summed E-state index contributed by atoms with van der Waals surface area (Å²) in [5, 5.41) is 9.95. The number of carbonyl (C=O) groups is 1. The van der Waals surface area contributed by atoms with Gasteiger partial charge in [-0.25, -0.2) is 4.68 Å². The van der Waals surface area contributed by atoms with Crippen LogP contribution >= 0.6 is 0 Å². The largest absolute Gasteiger partial charge is 0.321 e. The van der Waals surface area contributed by atoms with E-state index in [9.17, 15) is 4.79 Å². The lowest BCUT2D eigenvalue weighted by molar-refractivity contribution is 0.101. The van der Waals surface area contributed by atoms with E-state index in [-0.39, 0.29) is 5.91 Å². The number of nitrogens with one attached hydrogen (secondary N) is 1. The normalized spacial score (nSPS) is 11.0. The van der Waals surface area contributed by atoms with Crippen molar-refractivity contribution in [2.24, 2.45) is 0 Å². The molecule has 0 saturated carbocycles. The first-order valence-corrected chi connectivity index (χ1v) is 11.0. The molecular formula is C29H25N3O. The number of benzene rings is 4. The standard InChI is InChI=1S/C29H25N3O/c1-19-8-4-7-11-26(19)22-12-14-25(15-13-22)30-29(33)28-17-21(3)31-32(28)27-18-24-10-6-5-9-23(24)16-20(27)2/h4-18H,1-3H3,(H,30,33). The number of aromatic nitrogens is 2. The van der Waals surface area contributed by atoms with Gasteiger partial charge in [-0.15, -0.1) is 0 Å². The minimum Gasteiger partial charge on any atom is -0.321 e. The molecule has 5 rings (SSSR count). The number of rotatable bonds is 4. The van der Waals surface area contributed by atoms with E-state index in [1.54, 1.807) is 4.68 Å². The zero-order chi connectivity index (χ0) is 22.9. The molecule has 0 spiro atoms. The number of carbonyl (C=O) groups excluding carboxylic acids is 1. The van der Waals surface area contributed by atoms with Crippen LogP contribution in [-0.4, -0.2) is 15.7 Å². The smallest absolute Gasteiger partial charge is 0.274 e. The number of aryl methyl sites for hydroxylation is 3. The van der Waals surface area contributed by atoms with Crippen molar-refractivity contribution in [2.75, 3.05) is 5.32 Å². The van der Waals surface area contributed by atoms with Gasteiger partial charge in [0.1, 0.15) is 5.69 Å². The Morgan fingerprint density at radius 3 is 2.15 bits per heavy atom. The summed E-state index contributed by atoms with van der Waals surface area (Å²) < 4.78 is 1.74. The SMILES string of the molecule is Cc1cc(C(=O)Nc2ccc(-c3ccccc3C)cc2)n(-c2cc3ccccc3cc2C)n1. The second kappa shape index (κ2) is 8.40. The average Bonchev–Trinajstić information content (AvgIpc) is 3.21. The molecule has 0 fully saturated rings. The fourth-order valence-electron chi connectivity index (χ4n) is 4.24. The fraction of sp³-hybridized carbons (Fsp3) is 0.103. The molecular weight excluding hydrogens is 406 g/mol. The lowest BCUT2D eigenvalue weighted by atomic mass is 10.0. The molecule has 0 atom stereocenters. The van der Waals surface area contributed by atoms with E-state index in [1.807, 2.05) is 68.4 Å². The molecule has 4 nitrogen and oxygen atoms in total. The lowest BCUT2D eigenvalue weighted by Gasteiger charge is -2.13. The Kier molecular flexibility index (Phi) is 5.27. The number of fused-ring (bicyclic) bond motifs is 1. The third kappa shape index (κ3) is 4.03. The van der Waals surface area contributed by atoms with Crippen LogP contribution in [0.5, 0.6) is 0 Å². The van der Waals surface area contributed by atoms with Gasteiger partial charge in [0.15, 0.2) is 0 Å². The summed E-state index contributed by atoms with van der Waals surface area (Å²) >= 11 is 0. The van der Waals surface area contributed by atoms with Gasteiger partial charge >= 0.3 is 0 Å². The number of nitrogens with zero attached hydrogens (tertiary/aromatic N) is 2. The Bertz CT molecular complexity index is 1480. The van der Waals surface area contributed by atoms with E-state index in [2.05, 4.69) is 53.7 Å². The molecule has 1 heterocycles. The van der Waals surface area contributed by atoms with Crippen molar-refractivity contribution < 1.29 is 4.79 Å². The zero-order valence-corrected chi connectivity index (χ0v) is 19.0.